The number of pyridine rings is 1. The lowest BCUT2D eigenvalue weighted by atomic mass is 10.1. The molecule has 110 valence electrons. The van der Waals surface area contributed by atoms with E-state index >= 15 is 0 Å². The van der Waals surface area contributed by atoms with Gasteiger partial charge in [-0.3, -0.25) is 14.7 Å². The van der Waals surface area contributed by atoms with E-state index in [0.717, 1.165) is 30.0 Å². The number of aromatic nitrogens is 1. The number of furan rings is 1. The van der Waals surface area contributed by atoms with Gasteiger partial charge in [0.15, 0.2) is 0 Å². The average molecular weight is 286 g/mol. The lowest BCUT2D eigenvalue weighted by molar-refractivity contribution is -0.142. The maximum atomic E-state index is 11.5. The minimum atomic E-state index is -0.781. The number of aryl methyl sites for hydroxylation is 1. The van der Waals surface area contributed by atoms with E-state index in [1.54, 1.807) is 12.5 Å². The third-order valence-corrected chi connectivity index (χ3v) is 3.94. The van der Waals surface area contributed by atoms with Gasteiger partial charge in [-0.2, -0.15) is 0 Å². The molecular formula is C16H18N2O3. The first-order valence-electron chi connectivity index (χ1n) is 7.11. The molecule has 1 fully saturated rings. The fourth-order valence-electron chi connectivity index (χ4n) is 2.93. The fourth-order valence-corrected chi connectivity index (χ4v) is 2.93. The highest BCUT2D eigenvalue weighted by Crippen LogP contribution is 2.34. The molecule has 0 saturated carbocycles. The largest absolute Gasteiger partial charge is 0.480 e. The molecule has 0 aliphatic carbocycles. The number of aliphatic carboxylic acids is 1. The Bertz CT molecular complexity index is 607. The number of nitrogens with zero attached hydrogens (tertiary/aromatic N) is 2. The van der Waals surface area contributed by atoms with Crippen molar-refractivity contribution in [1.82, 2.24) is 9.88 Å². The first-order chi connectivity index (χ1) is 10.2. The van der Waals surface area contributed by atoms with E-state index < -0.39 is 12.0 Å². The van der Waals surface area contributed by atoms with Gasteiger partial charge in [-0.05, 0) is 43.5 Å². The van der Waals surface area contributed by atoms with E-state index in [2.05, 4.69) is 4.98 Å². The predicted molar refractivity (Wildman–Crippen MR) is 76.9 cm³/mol. The molecule has 0 bridgehead atoms. The lowest BCUT2D eigenvalue weighted by Crippen LogP contribution is -2.39. The molecule has 1 aliphatic rings. The van der Waals surface area contributed by atoms with Crippen LogP contribution in [0.2, 0.25) is 0 Å². The van der Waals surface area contributed by atoms with Gasteiger partial charge in [-0.25, -0.2) is 0 Å². The van der Waals surface area contributed by atoms with Crippen molar-refractivity contribution in [2.45, 2.75) is 31.8 Å². The summed E-state index contributed by atoms with van der Waals surface area (Å²) in [5.74, 6) is -0.0457. The lowest BCUT2D eigenvalue weighted by Gasteiger charge is -2.29. The predicted octanol–water partition coefficient (Wildman–Crippen LogP) is 2.62. The summed E-state index contributed by atoms with van der Waals surface area (Å²) in [5.41, 5.74) is 1.90. The van der Waals surface area contributed by atoms with E-state index in [4.69, 9.17) is 4.42 Å². The summed E-state index contributed by atoms with van der Waals surface area (Å²) >= 11 is 0. The van der Waals surface area contributed by atoms with Crippen LogP contribution in [0.25, 0.3) is 0 Å². The number of carboxylic acids is 1. The van der Waals surface area contributed by atoms with Crippen LogP contribution >= 0.6 is 0 Å². The number of rotatable bonds is 4. The van der Waals surface area contributed by atoms with E-state index in [1.165, 1.54) is 0 Å². The molecule has 1 saturated heterocycles. The molecule has 5 nitrogen and oxygen atoms in total. The SMILES string of the molecule is Cc1ccc(C(c2ccco2)N2CCCC2C(=O)O)nc1. The Morgan fingerprint density at radius 1 is 1.48 bits per heavy atom. The molecule has 0 amide bonds. The highest BCUT2D eigenvalue weighted by atomic mass is 16.4. The van der Waals surface area contributed by atoms with Gasteiger partial charge in [0.1, 0.15) is 17.8 Å². The highest BCUT2D eigenvalue weighted by molar-refractivity contribution is 5.74. The van der Waals surface area contributed by atoms with Crippen molar-refractivity contribution < 1.29 is 14.3 Å². The van der Waals surface area contributed by atoms with Gasteiger partial charge < -0.3 is 9.52 Å². The van der Waals surface area contributed by atoms with Crippen molar-refractivity contribution in [1.29, 1.82) is 0 Å². The summed E-state index contributed by atoms with van der Waals surface area (Å²) in [5, 5.41) is 9.43. The van der Waals surface area contributed by atoms with Crippen LogP contribution in [0.3, 0.4) is 0 Å². The fraction of sp³-hybridized carbons (Fsp3) is 0.375. The molecule has 2 unspecified atom stereocenters. The van der Waals surface area contributed by atoms with Gasteiger partial charge in [0.2, 0.25) is 0 Å². The molecule has 2 atom stereocenters. The van der Waals surface area contributed by atoms with Gasteiger partial charge in [-0.15, -0.1) is 0 Å². The topological polar surface area (TPSA) is 66.6 Å². The van der Waals surface area contributed by atoms with E-state index in [9.17, 15) is 9.90 Å². The summed E-state index contributed by atoms with van der Waals surface area (Å²) in [6, 6.07) is 6.91. The Labute approximate surface area is 123 Å². The van der Waals surface area contributed by atoms with Gasteiger partial charge in [0, 0.05) is 12.7 Å². The molecule has 0 spiro atoms. The van der Waals surface area contributed by atoms with Crippen LogP contribution in [0.4, 0.5) is 0 Å². The molecule has 5 heteroatoms. The number of hydrogen-bond donors (Lipinski definition) is 1. The molecule has 3 rings (SSSR count). The normalized spacial score (nSPS) is 20.5. The highest BCUT2D eigenvalue weighted by Gasteiger charge is 2.38. The van der Waals surface area contributed by atoms with Crippen molar-refractivity contribution in [2.24, 2.45) is 0 Å². The van der Waals surface area contributed by atoms with Crippen LogP contribution in [0.1, 0.15) is 35.9 Å². The zero-order valence-corrected chi connectivity index (χ0v) is 11.9. The van der Waals surface area contributed by atoms with Crippen LogP contribution < -0.4 is 0 Å². The minimum absolute atomic E-state index is 0.246. The Morgan fingerprint density at radius 3 is 2.95 bits per heavy atom. The molecule has 1 aliphatic heterocycles. The summed E-state index contributed by atoms with van der Waals surface area (Å²) in [4.78, 5) is 17.9. The Hall–Kier alpha value is -2.14. The first kappa shape index (κ1) is 13.8. The standard InChI is InChI=1S/C16H18N2O3/c1-11-6-7-12(17-10-11)15(14-5-3-9-21-14)18-8-2-4-13(18)16(19)20/h3,5-7,9-10,13,15H,2,4,8H2,1H3,(H,19,20). The van der Waals surface area contributed by atoms with Crippen molar-refractivity contribution in [2.75, 3.05) is 6.54 Å². The van der Waals surface area contributed by atoms with E-state index in [-0.39, 0.29) is 6.04 Å². The summed E-state index contributed by atoms with van der Waals surface area (Å²) in [6.07, 6.45) is 4.96. The second kappa shape index (κ2) is 5.69. The Morgan fingerprint density at radius 2 is 2.33 bits per heavy atom. The van der Waals surface area contributed by atoms with Crippen LogP contribution in [0, 0.1) is 6.92 Å². The zero-order chi connectivity index (χ0) is 14.8. The number of carbonyl (C=O) groups is 1. The Balaban J connectivity index is 2.00. The molecular weight excluding hydrogens is 268 g/mol. The summed E-state index contributed by atoms with van der Waals surface area (Å²) in [6.45, 7) is 2.71. The minimum Gasteiger partial charge on any atom is -0.480 e. The van der Waals surface area contributed by atoms with Crippen LogP contribution in [-0.4, -0.2) is 33.5 Å². The van der Waals surface area contributed by atoms with Crippen LogP contribution in [0.5, 0.6) is 0 Å². The van der Waals surface area contributed by atoms with Gasteiger partial charge >= 0.3 is 5.97 Å². The van der Waals surface area contributed by atoms with Gasteiger partial charge in [0.25, 0.3) is 0 Å². The molecule has 21 heavy (non-hydrogen) atoms. The molecule has 2 aromatic rings. The maximum Gasteiger partial charge on any atom is 0.320 e. The third-order valence-electron chi connectivity index (χ3n) is 3.94. The Kier molecular flexibility index (Phi) is 3.75. The third kappa shape index (κ3) is 2.69. The van der Waals surface area contributed by atoms with Crippen molar-refractivity contribution in [3.05, 3.63) is 53.7 Å². The van der Waals surface area contributed by atoms with Crippen LogP contribution in [-0.2, 0) is 4.79 Å². The molecule has 2 aromatic heterocycles. The number of hydrogen-bond acceptors (Lipinski definition) is 4. The zero-order valence-electron chi connectivity index (χ0n) is 11.9. The first-order valence-corrected chi connectivity index (χ1v) is 7.11. The van der Waals surface area contributed by atoms with E-state index in [0.29, 0.717) is 6.42 Å². The van der Waals surface area contributed by atoms with Gasteiger partial charge in [-0.1, -0.05) is 6.07 Å². The summed E-state index contributed by atoms with van der Waals surface area (Å²) in [7, 11) is 0. The molecule has 0 radical (unpaired) electrons. The quantitative estimate of drug-likeness (QED) is 0.935. The van der Waals surface area contributed by atoms with E-state index in [1.807, 2.05) is 36.1 Å². The maximum absolute atomic E-state index is 11.5. The number of carboxylic acid groups (broad SMARTS) is 1. The molecule has 3 heterocycles. The second-order valence-corrected chi connectivity index (χ2v) is 5.41. The van der Waals surface area contributed by atoms with Gasteiger partial charge in [0.05, 0.1) is 12.0 Å². The van der Waals surface area contributed by atoms with Crippen LogP contribution in [0.15, 0.2) is 41.1 Å². The second-order valence-electron chi connectivity index (χ2n) is 5.41. The number of likely N-dealkylation sites (tertiary alicyclic amines) is 1. The molecule has 1 N–H and O–H groups in total. The average Bonchev–Trinajstić information content (AvgIpc) is 3.13. The monoisotopic (exact) mass is 286 g/mol. The molecule has 0 aromatic carbocycles. The van der Waals surface area contributed by atoms with Crippen molar-refractivity contribution in [3.8, 4) is 0 Å². The smallest absolute Gasteiger partial charge is 0.320 e. The summed E-state index contributed by atoms with van der Waals surface area (Å²) < 4.78 is 5.55. The van der Waals surface area contributed by atoms with Crippen molar-refractivity contribution >= 4 is 5.97 Å². The van der Waals surface area contributed by atoms with Crippen molar-refractivity contribution in [3.63, 3.8) is 0 Å².